The highest BCUT2D eigenvalue weighted by atomic mass is 16.5. The molecule has 10 heteroatoms. The lowest BCUT2D eigenvalue weighted by atomic mass is 10.0. The fraction of sp³-hybridized carbons (Fsp3) is 0.458. The summed E-state index contributed by atoms with van der Waals surface area (Å²) < 4.78 is 10.6. The molecule has 3 rings (SSSR count). The van der Waals surface area contributed by atoms with Crippen LogP contribution in [0.15, 0.2) is 41.0 Å². The summed E-state index contributed by atoms with van der Waals surface area (Å²) in [5.74, 6) is -1.92. The molecule has 0 spiro atoms. The number of benzene rings is 1. The fourth-order valence-electron chi connectivity index (χ4n) is 3.51. The highest BCUT2D eigenvalue weighted by Gasteiger charge is 2.32. The van der Waals surface area contributed by atoms with E-state index in [-0.39, 0.29) is 18.9 Å². The number of nitrogens with zero attached hydrogens (tertiary/aromatic N) is 1. The molecule has 1 aliphatic rings. The summed E-state index contributed by atoms with van der Waals surface area (Å²) in [6.07, 6.45) is 2.70. The number of hydrogen-bond donors (Lipinski definition) is 3. The van der Waals surface area contributed by atoms with Crippen molar-refractivity contribution in [2.75, 3.05) is 6.54 Å². The Morgan fingerprint density at radius 2 is 1.97 bits per heavy atom. The van der Waals surface area contributed by atoms with Crippen LogP contribution in [0.25, 0.3) is 0 Å². The van der Waals surface area contributed by atoms with Gasteiger partial charge in [0.1, 0.15) is 25.0 Å². The van der Waals surface area contributed by atoms with Gasteiger partial charge in [-0.1, -0.05) is 44.2 Å². The topological polar surface area (TPSA) is 140 Å². The van der Waals surface area contributed by atoms with Crippen LogP contribution in [0.5, 0.6) is 0 Å². The lowest BCUT2D eigenvalue weighted by Crippen LogP contribution is -2.56. The minimum absolute atomic E-state index is 0.00916. The molecular weight excluding hydrogens is 440 g/mol. The van der Waals surface area contributed by atoms with Crippen molar-refractivity contribution in [3.63, 3.8) is 0 Å². The van der Waals surface area contributed by atoms with E-state index in [1.807, 2.05) is 30.3 Å². The third kappa shape index (κ3) is 7.16. The number of Topliss-reactive ketones (excluding diaryl/α,β-unsaturated/α-hetero) is 1. The maximum Gasteiger partial charge on any atom is 0.408 e. The van der Waals surface area contributed by atoms with Gasteiger partial charge in [-0.25, -0.2) is 9.78 Å². The predicted octanol–water partition coefficient (Wildman–Crippen LogP) is 1.67. The van der Waals surface area contributed by atoms with Gasteiger partial charge in [0.2, 0.25) is 11.7 Å². The van der Waals surface area contributed by atoms with E-state index in [2.05, 4.69) is 20.9 Å². The summed E-state index contributed by atoms with van der Waals surface area (Å²) in [5.41, 5.74) is 1.26. The SMILES string of the molecule is CC(C)C(NC(=O)OCc1ccccc1)C(=O)NC1Cc2coc(n2)CCCCNC(=O)C1=O. The van der Waals surface area contributed by atoms with Crippen molar-refractivity contribution in [3.05, 3.63) is 53.7 Å². The first-order valence-corrected chi connectivity index (χ1v) is 11.4. The molecule has 2 bridgehead atoms. The third-order valence-electron chi connectivity index (χ3n) is 5.41. The molecule has 1 aliphatic heterocycles. The number of oxazole rings is 1. The van der Waals surface area contributed by atoms with Gasteiger partial charge >= 0.3 is 6.09 Å². The van der Waals surface area contributed by atoms with E-state index in [1.165, 1.54) is 6.26 Å². The largest absolute Gasteiger partial charge is 0.449 e. The molecule has 182 valence electrons. The number of amides is 3. The van der Waals surface area contributed by atoms with Gasteiger partial charge in [0.25, 0.3) is 5.91 Å². The van der Waals surface area contributed by atoms with Crippen LogP contribution >= 0.6 is 0 Å². The highest BCUT2D eigenvalue weighted by molar-refractivity contribution is 6.38. The number of ketones is 1. The first-order valence-electron chi connectivity index (χ1n) is 11.4. The molecule has 0 saturated heterocycles. The maximum absolute atomic E-state index is 13.0. The Hall–Kier alpha value is -3.69. The number of carbonyl (C=O) groups excluding carboxylic acids is 4. The molecule has 0 radical (unpaired) electrons. The van der Waals surface area contributed by atoms with Crippen LogP contribution in [0.3, 0.4) is 0 Å². The Kier molecular flexibility index (Phi) is 8.78. The van der Waals surface area contributed by atoms with Gasteiger partial charge in [-0.05, 0) is 24.3 Å². The second kappa shape index (κ2) is 12.0. The average molecular weight is 471 g/mol. The number of carbonyl (C=O) groups is 4. The Morgan fingerprint density at radius 3 is 2.71 bits per heavy atom. The third-order valence-corrected chi connectivity index (χ3v) is 5.41. The number of nitrogens with one attached hydrogen (secondary N) is 3. The van der Waals surface area contributed by atoms with E-state index in [0.29, 0.717) is 31.0 Å². The second-order valence-corrected chi connectivity index (χ2v) is 8.50. The number of fused-ring (bicyclic) bond motifs is 2. The number of rotatable bonds is 6. The number of aromatic nitrogens is 1. The van der Waals surface area contributed by atoms with Gasteiger partial charge in [-0.2, -0.15) is 0 Å². The summed E-state index contributed by atoms with van der Waals surface area (Å²) in [6.45, 7) is 3.89. The summed E-state index contributed by atoms with van der Waals surface area (Å²) in [6, 6.07) is 7.00. The van der Waals surface area contributed by atoms with Gasteiger partial charge in [-0.15, -0.1) is 0 Å². The molecule has 2 unspecified atom stereocenters. The molecule has 2 atom stereocenters. The number of aryl methyl sites for hydroxylation is 1. The molecule has 1 aromatic carbocycles. The van der Waals surface area contributed by atoms with Crippen LogP contribution in [-0.2, 0) is 38.6 Å². The standard InChI is InChI=1S/C24H30N4O6/c1-15(2)20(28-24(32)34-13-16-8-4-3-5-9-16)22(30)27-18-12-17-14-33-19(26-17)10-6-7-11-25-23(31)21(18)29/h3-5,8-9,14-15,18,20H,6-7,10-13H2,1-2H3,(H,25,31)(H,27,30)(H,28,32). The molecule has 34 heavy (non-hydrogen) atoms. The first kappa shape index (κ1) is 24.9. The molecule has 2 aromatic rings. The van der Waals surface area contributed by atoms with Crippen LogP contribution in [-0.4, -0.2) is 47.3 Å². The van der Waals surface area contributed by atoms with Crippen molar-refractivity contribution in [2.45, 2.75) is 58.2 Å². The van der Waals surface area contributed by atoms with Crippen molar-refractivity contribution in [1.29, 1.82) is 0 Å². The predicted molar refractivity (Wildman–Crippen MR) is 121 cm³/mol. The van der Waals surface area contributed by atoms with Gasteiger partial charge in [0.15, 0.2) is 5.89 Å². The minimum atomic E-state index is -1.16. The van der Waals surface area contributed by atoms with Gasteiger partial charge in [0, 0.05) is 19.4 Å². The summed E-state index contributed by atoms with van der Waals surface area (Å²) in [5, 5.41) is 7.75. The number of alkyl carbamates (subject to hydrolysis) is 1. The van der Waals surface area contributed by atoms with Gasteiger partial charge < -0.3 is 25.1 Å². The van der Waals surface area contributed by atoms with E-state index in [9.17, 15) is 19.2 Å². The highest BCUT2D eigenvalue weighted by Crippen LogP contribution is 2.11. The maximum atomic E-state index is 13.0. The van der Waals surface area contributed by atoms with E-state index < -0.39 is 35.8 Å². The van der Waals surface area contributed by atoms with Crippen molar-refractivity contribution in [2.24, 2.45) is 5.92 Å². The lowest BCUT2D eigenvalue weighted by Gasteiger charge is -2.24. The molecule has 1 aromatic heterocycles. The van der Waals surface area contributed by atoms with Crippen molar-refractivity contribution in [3.8, 4) is 0 Å². The van der Waals surface area contributed by atoms with E-state index in [4.69, 9.17) is 9.15 Å². The quantitative estimate of drug-likeness (QED) is 0.546. The molecule has 3 N–H and O–H groups in total. The van der Waals surface area contributed by atoms with Crippen LogP contribution in [0.1, 0.15) is 43.8 Å². The normalized spacial score (nSPS) is 17.7. The summed E-state index contributed by atoms with van der Waals surface area (Å²) >= 11 is 0. The minimum Gasteiger partial charge on any atom is -0.449 e. The van der Waals surface area contributed by atoms with E-state index in [0.717, 1.165) is 12.0 Å². The van der Waals surface area contributed by atoms with Crippen LogP contribution < -0.4 is 16.0 Å². The van der Waals surface area contributed by atoms with Crippen molar-refractivity contribution >= 4 is 23.7 Å². The monoisotopic (exact) mass is 470 g/mol. The summed E-state index contributed by atoms with van der Waals surface area (Å²) in [4.78, 5) is 54.8. The Balaban J connectivity index is 1.67. The lowest BCUT2D eigenvalue weighted by molar-refractivity contribution is -0.140. The zero-order valence-corrected chi connectivity index (χ0v) is 19.3. The molecule has 0 aliphatic carbocycles. The van der Waals surface area contributed by atoms with E-state index in [1.54, 1.807) is 13.8 Å². The van der Waals surface area contributed by atoms with Crippen molar-refractivity contribution in [1.82, 2.24) is 20.9 Å². The number of hydrogen-bond acceptors (Lipinski definition) is 7. The molecule has 2 heterocycles. The average Bonchev–Trinajstić information content (AvgIpc) is 3.27. The zero-order chi connectivity index (χ0) is 24.5. The Labute approximate surface area is 197 Å². The van der Waals surface area contributed by atoms with Gasteiger partial charge in [0.05, 0.1) is 5.69 Å². The van der Waals surface area contributed by atoms with E-state index >= 15 is 0 Å². The Morgan fingerprint density at radius 1 is 1.21 bits per heavy atom. The van der Waals surface area contributed by atoms with Crippen molar-refractivity contribution < 1.29 is 28.3 Å². The summed E-state index contributed by atoms with van der Waals surface area (Å²) in [7, 11) is 0. The fourth-order valence-corrected chi connectivity index (χ4v) is 3.51. The zero-order valence-electron chi connectivity index (χ0n) is 19.3. The number of ether oxygens (including phenoxy) is 1. The smallest absolute Gasteiger partial charge is 0.408 e. The molecular formula is C24H30N4O6. The van der Waals surface area contributed by atoms with Crippen LogP contribution in [0.4, 0.5) is 4.79 Å². The van der Waals surface area contributed by atoms with Crippen LogP contribution in [0.2, 0.25) is 0 Å². The Bertz CT molecular complexity index is 1000. The molecule has 0 fully saturated rings. The molecule has 3 amide bonds. The first-order chi connectivity index (χ1) is 16.3. The molecule has 0 saturated carbocycles. The van der Waals surface area contributed by atoms with Crippen LogP contribution in [0, 0.1) is 5.92 Å². The van der Waals surface area contributed by atoms with Gasteiger partial charge in [-0.3, -0.25) is 14.4 Å². The second-order valence-electron chi connectivity index (χ2n) is 8.50. The molecule has 10 nitrogen and oxygen atoms in total.